The topological polar surface area (TPSA) is 79.0 Å². The third kappa shape index (κ3) is 3.88. The standard InChI is InChI=1S/C16H23N3O4S/c1-24(21,22)19-8-2-3-15(19)16(20)17-13-4-6-14(7-5-13)18-9-11-23-12-10-18/h4-7,15H,2-3,8-12H2,1H3,(H,17,20)/t15-/m1/s1. The summed E-state index contributed by atoms with van der Waals surface area (Å²) in [5.74, 6) is -0.267. The highest BCUT2D eigenvalue weighted by Crippen LogP contribution is 2.23. The van der Waals surface area contributed by atoms with Gasteiger partial charge in [-0.3, -0.25) is 4.79 Å². The van der Waals surface area contributed by atoms with Crippen molar-refractivity contribution in [2.75, 3.05) is 49.3 Å². The summed E-state index contributed by atoms with van der Waals surface area (Å²) in [7, 11) is -3.36. The molecular formula is C16H23N3O4S. The van der Waals surface area contributed by atoms with Crippen molar-refractivity contribution in [3.05, 3.63) is 24.3 Å². The largest absolute Gasteiger partial charge is 0.378 e. The Balaban J connectivity index is 1.64. The summed E-state index contributed by atoms with van der Waals surface area (Å²) in [6.45, 7) is 3.57. The first-order valence-corrected chi connectivity index (χ1v) is 10.0. The molecule has 7 nitrogen and oxygen atoms in total. The number of benzene rings is 1. The third-order valence-electron chi connectivity index (χ3n) is 4.44. The van der Waals surface area contributed by atoms with Gasteiger partial charge in [-0.05, 0) is 37.1 Å². The van der Waals surface area contributed by atoms with Gasteiger partial charge in [0.05, 0.1) is 19.5 Å². The first-order chi connectivity index (χ1) is 11.4. The number of anilines is 2. The smallest absolute Gasteiger partial charge is 0.242 e. The van der Waals surface area contributed by atoms with Gasteiger partial charge in [-0.25, -0.2) is 8.42 Å². The minimum Gasteiger partial charge on any atom is -0.378 e. The van der Waals surface area contributed by atoms with Crippen LogP contribution in [0.1, 0.15) is 12.8 Å². The maximum absolute atomic E-state index is 12.4. The summed E-state index contributed by atoms with van der Waals surface area (Å²) in [6.07, 6.45) is 2.42. The molecule has 2 aliphatic rings. The summed E-state index contributed by atoms with van der Waals surface area (Å²) >= 11 is 0. The first kappa shape index (κ1) is 17.2. The highest BCUT2D eigenvalue weighted by atomic mass is 32.2. The normalized spacial score (nSPS) is 22.5. The minimum atomic E-state index is -3.36. The van der Waals surface area contributed by atoms with Gasteiger partial charge in [-0.2, -0.15) is 4.31 Å². The number of amides is 1. The van der Waals surface area contributed by atoms with Crippen molar-refractivity contribution in [3.8, 4) is 0 Å². The number of sulfonamides is 1. The lowest BCUT2D eigenvalue weighted by molar-refractivity contribution is -0.119. The van der Waals surface area contributed by atoms with Crippen LogP contribution in [0.4, 0.5) is 11.4 Å². The SMILES string of the molecule is CS(=O)(=O)N1CCC[C@@H]1C(=O)Nc1ccc(N2CCOCC2)cc1. The number of carbonyl (C=O) groups excluding carboxylic acids is 1. The molecule has 0 aromatic heterocycles. The number of nitrogens with zero attached hydrogens (tertiary/aromatic N) is 2. The van der Waals surface area contributed by atoms with Gasteiger partial charge in [-0.1, -0.05) is 0 Å². The van der Waals surface area contributed by atoms with Gasteiger partial charge in [0.25, 0.3) is 0 Å². The molecule has 2 fully saturated rings. The molecule has 0 aliphatic carbocycles. The van der Waals surface area contributed by atoms with Crippen molar-refractivity contribution in [1.29, 1.82) is 0 Å². The zero-order chi connectivity index (χ0) is 17.2. The molecule has 24 heavy (non-hydrogen) atoms. The van der Waals surface area contributed by atoms with Gasteiger partial charge in [0.15, 0.2) is 0 Å². The quantitative estimate of drug-likeness (QED) is 0.870. The van der Waals surface area contributed by atoms with Crippen molar-refractivity contribution in [2.45, 2.75) is 18.9 Å². The molecule has 0 spiro atoms. The van der Waals surface area contributed by atoms with Crippen LogP contribution in [-0.4, -0.2) is 63.8 Å². The summed E-state index contributed by atoms with van der Waals surface area (Å²) in [4.78, 5) is 14.6. The second kappa shape index (κ2) is 7.08. The molecule has 3 rings (SSSR count). The number of hydrogen-bond donors (Lipinski definition) is 1. The molecule has 1 N–H and O–H groups in total. The van der Waals surface area contributed by atoms with E-state index in [0.29, 0.717) is 25.1 Å². The summed E-state index contributed by atoms with van der Waals surface area (Å²) in [5, 5.41) is 2.83. The fraction of sp³-hybridized carbons (Fsp3) is 0.562. The van der Waals surface area contributed by atoms with E-state index in [2.05, 4.69) is 10.2 Å². The molecule has 1 atom stereocenters. The number of morpholine rings is 1. The maximum atomic E-state index is 12.4. The first-order valence-electron chi connectivity index (χ1n) is 8.15. The monoisotopic (exact) mass is 353 g/mol. The molecule has 1 aromatic rings. The molecule has 0 bridgehead atoms. The van der Waals surface area contributed by atoms with Crippen LogP contribution in [-0.2, 0) is 19.6 Å². The van der Waals surface area contributed by atoms with Crippen LogP contribution in [0.15, 0.2) is 24.3 Å². The zero-order valence-corrected chi connectivity index (χ0v) is 14.6. The van der Waals surface area contributed by atoms with Crippen LogP contribution in [0, 0.1) is 0 Å². The lowest BCUT2D eigenvalue weighted by atomic mass is 10.2. The number of rotatable bonds is 4. The molecule has 2 heterocycles. The highest BCUT2D eigenvalue weighted by Gasteiger charge is 2.36. The van der Waals surface area contributed by atoms with Crippen molar-refractivity contribution in [3.63, 3.8) is 0 Å². The van der Waals surface area contributed by atoms with E-state index in [1.807, 2.05) is 24.3 Å². The predicted molar refractivity (Wildman–Crippen MR) is 92.7 cm³/mol. The molecule has 0 unspecified atom stereocenters. The second-order valence-electron chi connectivity index (χ2n) is 6.17. The Morgan fingerprint density at radius 2 is 1.83 bits per heavy atom. The van der Waals surface area contributed by atoms with Gasteiger partial charge in [0.2, 0.25) is 15.9 Å². The zero-order valence-electron chi connectivity index (χ0n) is 13.8. The van der Waals surface area contributed by atoms with Crippen LogP contribution in [0.2, 0.25) is 0 Å². The summed E-state index contributed by atoms with van der Waals surface area (Å²) in [5.41, 5.74) is 1.77. The summed E-state index contributed by atoms with van der Waals surface area (Å²) in [6, 6.07) is 7.01. The van der Waals surface area contributed by atoms with Crippen molar-refractivity contribution >= 4 is 27.3 Å². The van der Waals surface area contributed by atoms with E-state index in [1.54, 1.807) is 0 Å². The van der Waals surface area contributed by atoms with Crippen LogP contribution >= 0.6 is 0 Å². The number of hydrogen-bond acceptors (Lipinski definition) is 5. The molecule has 0 radical (unpaired) electrons. The van der Waals surface area contributed by atoms with Crippen LogP contribution < -0.4 is 10.2 Å². The van der Waals surface area contributed by atoms with E-state index in [9.17, 15) is 13.2 Å². The second-order valence-corrected chi connectivity index (χ2v) is 8.10. The van der Waals surface area contributed by atoms with Gasteiger partial charge < -0.3 is 15.0 Å². The van der Waals surface area contributed by atoms with Crippen molar-refractivity contribution in [2.24, 2.45) is 0 Å². The van der Waals surface area contributed by atoms with E-state index in [0.717, 1.165) is 38.2 Å². The Kier molecular flexibility index (Phi) is 5.07. The van der Waals surface area contributed by atoms with Gasteiger partial charge in [0.1, 0.15) is 6.04 Å². The van der Waals surface area contributed by atoms with Crippen molar-refractivity contribution < 1.29 is 17.9 Å². The van der Waals surface area contributed by atoms with E-state index < -0.39 is 16.1 Å². The Labute approximate surface area is 142 Å². The molecule has 132 valence electrons. The maximum Gasteiger partial charge on any atom is 0.242 e. The van der Waals surface area contributed by atoms with Gasteiger partial charge in [0, 0.05) is 31.0 Å². The lowest BCUT2D eigenvalue weighted by Crippen LogP contribution is -2.42. The number of ether oxygens (including phenoxy) is 1. The lowest BCUT2D eigenvalue weighted by Gasteiger charge is -2.29. The molecular weight excluding hydrogens is 330 g/mol. The predicted octanol–water partition coefficient (Wildman–Crippen LogP) is 0.886. The molecule has 2 aliphatic heterocycles. The Morgan fingerprint density at radius 1 is 1.17 bits per heavy atom. The molecule has 1 amide bonds. The van der Waals surface area contributed by atoms with E-state index in [1.165, 1.54) is 4.31 Å². The minimum absolute atomic E-state index is 0.267. The van der Waals surface area contributed by atoms with Gasteiger partial charge in [-0.15, -0.1) is 0 Å². The van der Waals surface area contributed by atoms with E-state index >= 15 is 0 Å². The summed E-state index contributed by atoms with van der Waals surface area (Å²) < 4.78 is 30.1. The number of nitrogens with one attached hydrogen (secondary N) is 1. The molecule has 8 heteroatoms. The third-order valence-corrected chi connectivity index (χ3v) is 5.73. The number of carbonyl (C=O) groups is 1. The average Bonchev–Trinajstić information content (AvgIpc) is 3.06. The van der Waals surface area contributed by atoms with Gasteiger partial charge >= 0.3 is 0 Å². The average molecular weight is 353 g/mol. The fourth-order valence-electron chi connectivity index (χ4n) is 3.20. The highest BCUT2D eigenvalue weighted by molar-refractivity contribution is 7.88. The molecule has 0 saturated carbocycles. The Morgan fingerprint density at radius 3 is 2.46 bits per heavy atom. The van der Waals surface area contributed by atoms with Crippen molar-refractivity contribution in [1.82, 2.24) is 4.31 Å². The fourth-order valence-corrected chi connectivity index (χ4v) is 4.33. The van der Waals surface area contributed by atoms with E-state index in [4.69, 9.17) is 4.74 Å². The Bertz CT molecular complexity index is 684. The van der Waals surface area contributed by atoms with Crippen LogP contribution in [0.25, 0.3) is 0 Å². The van der Waals surface area contributed by atoms with Crippen LogP contribution in [0.5, 0.6) is 0 Å². The molecule has 2 saturated heterocycles. The van der Waals surface area contributed by atoms with Crippen LogP contribution in [0.3, 0.4) is 0 Å². The molecule has 1 aromatic carbocycles. The van der Waals surface area contributed by atoms with E-state index in [-0.39, 0.29) is 5.91 Å². The Hall–Kier alpha value is -1.64.